The van der Waals surface area contributed by atoms with Crippen LogP contribution in [0.5, 0.6) is 0 Å². The van der Waals surface area contributed by atoms with Crippen LogP contribution in [0.15, 0.2) is 30.5 Å². The lowest BCUT2D eigenvalue weighted by molar-refractivity contribution is -0.122. The first-order valence-corrected chi connectivity index (χ1v) is 9.05. The van der Waals surface area contributed by atoms with Crippen LogP contribution in [-0.2, 0) is 4.79 Å². The molecule has 1 amide bonds. The molecule has 1 aromatic heterocycles. The van der Waals surface area contributed by atoms with Crippen molar-refractivity contribution in [2.45, 2.75) is 38.8 Å². The number of benzene rings is 1. The van der Waals surface area contributed by atoms with Crippen molar-refractivity contribution < 1.29 is 4.79 Å². The number of amides is 1. The Balaban J connectivity index is 1.86. The van der Waals surface area contributed by atoms with E-state index in [1.165, 1.54) is 0 Å². The molecule has 6 nitrogen and oxygen atoms in total. The fourth-order valence-corrected chi connectivity index (χ4v) is 3.76. The maximum atomic E-state index is 12.1. The summed E-state index contributed by atoms with van der Waals surface area (Å²) in [5.41, 5.74) is 8.09. The summed E-state index contributed by atoms with van der Waals surface area (Å²) in [6.07, 6.45) is 3.01. The zero-order valence-corrected chi connectivity index (χ0v) is 15.3. The second-order valence-corrected chi connectivity index (χ2v) is 7.34. The van der Waals surface area contributed by atoms with Crippen molar-refractivity contribution in [3.05, 3.63) is 36.0 Å². The average Bonchev–Trinajstić information content (AvgIpc) is 2.59. The molecule has 1 aliphatic rings. The smallest absolute Gasteiger partial charge is 0.221 e. The molecule has 0 spiro atoms. The average molecular weight is 351 g/mol. The Morgan fingerprint density at radius 3 is 3.00 bits per heavy atom. The molecule has 3 N–H and O–H groups in total. The van der Waals surface area contributed by atoms with Crippen molar-refractivity contribution in [1.82, 2.24) is 10.3 Å². The largest absolute Gasteiger partial charge is 0.369 e. The second kappa shape index (κ2) is 7.71. The standard InChI is InChI=1S/C20H25N5O/c1-13-8-16(24-19(26)9-14(2)22)12-25(11-13)18-6-5-15(10-21)20-17(18)4-3-7-23-20/h3-7,13-14,16H,8-9,11-12,22H2,1-2H3,(H,24,26)/t13-,14-,16+/m0/s1. The third-order valence-corrected chi connectivity index (χ3v) is 4.74. The van der Waals surface area contributed by atoms with Crippen LogP contribution in [0.4, 0.5) is 5.69 Å². The number of carbonyl (C=O) groups is 1. The molecule has 1 aliphatic heterocycles. The number of nitrogens with one attached hydrogen (secondary N) is 1. The van der Waals surface area contributed by atoms with Crippen molar-refractivity contribution in [1.29, 1.82) is 5.26 Å². The summed E-state index contributed by atoms with van der Waals surface area (Å²) in [5.74, 6) is 0.456. The Morgan fingerprint density at radius 1 is 1.46 bits per heavy atom. The van der Waals surface area contributed by atoms with Gasteiger partial charge in [0.25, 0.3) is 0 Å². The van der Waals surface area contributed by atoms with Crippen LogP contribution in [0.1, 0.15) is 32.3 Å². The van der Waals surface area contributed by atoms with Gasteiger partial charge in [-0.05, 0) is 43.5 Å². The number of piperidine rings is 1. The number of anilines is 1. The minimum absolute atomic E-state index is 0.00500. The van der Waals surface area contributed by atoms with E-state index in [2.05, 4.69) is 28.2 Å². The molecular formula is C20H25N5O. The SMILES string of the molecule is C[C@H]1C[C@@H](NC(=O)C[C@H](C)N)CN(c2ccc(C#N)c3ncccc23)C1. The number of hydrogen-bond acceptors (Lipinski definition) is 5. The third kappa shape index (κ3) is 3.94. The number of pyridine rings is 1. The van der Waals surface area contributed by atoms with E-state index in [-0.39, 0.29) is 18.0 Å². The van der Waals surface area contributed by atoms with Gasteiger partial charge in [0.1, 0.15) is 6.07 Å². The summed E-state index contributed by atoms with van der Waals surface area (Å²) in [7, 11) is 0. The molecule has 0 bridgehead atoms. The molecule has 0 unspecified atom stereocenters. The maximum absolute atomic E-state index is 12.1. The minimum Gasteiger partial charge on any atom is -0.369 e. The first-order chi connectivity index (χ1) is 12.5. The molecule has 2 heterocycles. The van der Waals surface area contributed by atoms with Crippen LogP contribution in [0.3, 0.4) is 0 Å². The van der Waals surface area contributed by atoms with E-state index in [9.17, 15) is 10.1 Å². The molecule has 1 fully saturated rings. The van der Waals surface area contributed by atoms with E-state index in [4.69, 9.17) is 5.73 Å². The number of aromatic nitrogens is 1. The summed E-state index contributed by atoms with van der Waals surface area (Å²) in [5, 5.41) is 13.4. The van der Waals surface area contributed by atoms with Gasteiger partial charge in [0.15, 0.2) is 0 Å². The van der Waals surface area contributed by atoms with Gasteiger partial charge in [-0.25, -0.2) is 0 Å². The molecule has 0 aliphatic carbocycles. The lowest BCUT2D eigenvalue weighted by Gasteiger charge is -2.38. The van der Waals surface area contributed by atoms with Crippen molar-refractivity contribution in [2.75, 3.05) is 18.0 Å². The predicted molar refractivity (Wildman–Crippen MR) is 103 cm³/mol. The van der Waals surface area contributed by atoms with Gasteiger partial charge in [-0.15, -0.1) is 0 Å². The fourth-order valence-electron chi connectivity index (χ4n) is 3.76. The van der Waals surface area contributed by atoms with E-state index < -0.39 is 0 Å². The quantitative estimate of drug-likeness (QED) is 0.880. The summed E-state index contributed by atoms with van der Waals surface area (Å²) in [6.45, 7) is 5.69. The Hall–Kier alpha value is -2.65. The number of nitriles is 1. The number of nitrogens with two attached hydrogens (primary N) is 1. The molecule has 26 heavy (non-hydrogen) atoms. The van der Waals surface area contributed by atoms with E-state index in [1.807, 2.05) is 31.2 Å². The van der Waals surface area contributed by atoms with Crippen LogP contribution in [-0.4, -0.2) is 36.1 Å². The number of fused-ring (bicyclic) bond motifs is 1. The summed E-state index contributed by atoms with van der Waals surface area (Å²) in [6, 6.07) is 9.87. The zero-order valence-electron chi connectivity index (χ0n) is 15.3. The molecular weight excluding hydrogens is 326 g/mol. The highest BCUT2D eigenvalue weighted by Gasteiger charge is 2.27. The highest BCUT2D eigenvalue weighted by atomic mass is 16.1. The molecule has 1 aromatic carbocycles. The van der Waals surface area contributed by atoms with Gasteiger partial charge in [-0.3, -0.25) is 9.78 Å². The summed E-state index contributed by atoms with van der Waals surface area (Å²) >= 11 is 0. The third-order valence-electron chi connectivity index (χ3n) is 4.74. The summed E-state index contributed by atoms with van der Waals surface area (Å²) in [4.78, 5) is 18.8. The predicted octanol–water partition coefficient (Wildman–Crippen LogP) is 2.17. The molecule has 136 valence electrons. The van der Waals surface area contributed by atoms with Gasteiger partial charge in [0.05, 0.1) is 11.1 Å². The van der Waals surface area contributed by atoms with Crippen molar-refractivity contribution in [3.8, 4) is 6.07 Å². The Bertz CT molecular complexity index is 842. The van der Waals surface area contributed by atoms with E-state index >= 15 is 0 Å². The molecule has 1 saturated heterocycles. The molecule has 0 radical (unpaired) electrons. The number of carbonyl (C=O) groups excluding carboxylic acids is 1. The first kappa shape index (κ1) is 18.2. The van der Waals surface area contributed by atoms with Gasteiger partial charge < -0.3 is 16.0 Å². The molecule has 2 aromatic rings. The molecule has 0 saturated carbocycles. The van der Waals surface area contributed by atoms with Gasteiger partial charge in [-0.1, -0.05) is 6.92 Å². The molecule has 6 heteroatoms. The lowest BCUT2D eigenvalue weighted by Crippen LogP contribution is -2.51. The number of hydrogen-bond donors (Lipinski definition) is 2. The molecule has 3 rings (SSSR count). The van der Waals surface area contributed by atoms with Gasteiger partial charge in [-0.2, -0.15) is 5.26 Å². The van der Waals surface area contributed by atoms with Crippen LogP contribution >= 0.6 is 0 Å². The van der Waals surface area contributed by atoms with E-state index in [1.54, 1.807) is 6.20 Å². The Kier molecular flexibility index (Phi) is 5.38. The maximum Gasteiger partial charge on any atom is 0.221 e. The monoisotopic (exact) mass is 351 g/mol. The van der Waals surface area contributed by atoms with Crippen molar-refractivity contribution >= 4 is 22.5 Å². The molecule has 3 atom stereocenters. The van der Waals surface area contributed by atoms with E-state index in [0.29, 0.717) is 17.9 Å². The van der Waals surface area contributed by atoms with E-state index in [0.717, 1.165) is 36.1 Å². The highest BCUT2D eigenvalue weighted by molar-refractivity contribution is 5.95. The van der Waals surface area contributed by atoms with Gasteiger partial charge in [0, 0.05) is 48.9 Å². The normalized spacial score (nSPS) is 21.2. The zero-order chi connectivity index (χ0) is 18.7. The topological polar surface area (TPSA) is 95.0 Å². The van der Waals surface area contributed by atoms with Crippen LogP contribution in [0.25, 0.3) is 10.9 Å². The second-order valence-electron chi connectivity index (χ2n) is 7.34. The highest BCUT2D eigenvalue weighted by Crippen LogP contribution is 2.31. The van der Waals surface area contributed by atoms with Gasteiger partial charge >= 0.3 is 0 Å². The van der Waals surface area contributed by atoms with Crippen LogP contribution < -0.4 is 16.0 Å². The first-order valence-electron chi connectivity index (χ1n) is 9.05. The summed E-state index contributed by atoms with van der Waals surface area (Å²) < 4.78 is 0. The van der Waals surface area contributed by atoms with Crippen LogP contribution in [0, 0.1) is 17.2 Å². The van der Waals surface area contributed by atoms with Crippen LogP contribution in [0.2, 0.25) is 0 Å². The minimum atomic E-state index is -0.138. The Morgan fingerprint density at radius 2 is 2.27 bits per heavy atom. The van der Waals surface area contributed by atoms with Crippen molar-refractivity contribution in [2.24, 2.45) is 11.7 Å². The van der Waals surface area contributed by atoms with Crippen molar-refractivity contribution in [3.63, 3.8) is 0 Å². The fraction of sp³-hybridized carbons (Fsp3) is 0.450. The van der Waals surface area contributed by atoms with Gasteiger partial charge in [0.2, 0.25) is 5.91 Å². The lowest BCUT2D eigenvalue weighted by atomic mass is 9.94. The number of rotatable bonds is 4. The Labute approximate surface area is 154 Å². The number of nitrogens with zero attached hydrogens (tertiary/aromatic N) is 3.